The van der Waals surface area contributed by atoms with Gasteiger partial charge in [0.25, 0.3) is 5.91 Å². The Morgan fingerprint density at radius 3 is 3.11 bits per heavy atom. The number of anilines is 1. The van der Waals surface area contributed by atoms with Gasteiger partial charge in [0, 0.05) is 23.5 Å². The van der Waals surface area contributed by atoms with Crippen LogP contribution >= 0.6 is 11.3 Å². The number of amides is 1. The topological polar surface area (TPSA) is 80.9 Å². The van der Waals surface area contributed by atoms with Crippen LogP contribution in [0.3, 0.4) is 0 Å². The van der Waals surface area contributed by atoms with Gasteiger partial charge in [0.05, 0.1) is 5.69 Å². The van der Waals surface area contributed by atoms with Crippen molar-refractivity contribution in [2.24, 2.45) is 0 Å². The number of thiophene rings is 1. The summed E-state index contributed by atoms with van der Waals surface area (Å²) in [6, 6.07) is 2.25. The van der Waals surface area contributed by atoms with Gasteiger partial charge < -0.3 is 11.1 Å². The van der Waals surface area contributed by atoms with Gasteiger partial charge >= 0.3 is 0 Å². The summed E-state index contributed by atoms with van der Waals surface area (Å²) in [6.07, 6.45) is 3.32. The van der Waals surface area contributed by atoms with E-state index < -0.39 is 0 Å². The quantitative estimate of drug-likeness (QED) is 0.865. The Hall–Kier alpha value is -1.95. The number of carbonyl (C=O) groups is 1. The third-order valence-corrected chi connectivity index (χ3v) is 4.19. The van der Waals surface area contributed by atoms with Crippen LogP contribution in [0.5, 0.6) is 0 Å². The van der Waals surface area contributed by atoms with Crippen LogP contribution in [0, 0.1) is 6.92 Å². The minimum Gasteiger partial charge on any atom is -0.382 e. The van der Waals surface area contributed by atoms with Gasteiger partial charge in [-0.25, -0.2) is 9.97 Å². The highest BCUT2D eigenvalue weighted by atomic mass is 32.1. The molecule has 0 saturated carbocycles. The Morgan fingerprint density at radius 2 is 2.37 bits per heavy atom. The molecule has 0 radical (unpaired) electrons. The van der Waals surface area contributed by atoms with Crippen molar-refractivity contribution >= 4 is 23.1 Å². The van der Waals surface area contributed by atoms with Gasteiger partial charge in [-0.05, 0) is 30.4 Å². The van der Waals surface area contributed by atoms with Gasteiger partial charge in [-0.1, -0.05) is 0 Å². The van der Waals surface area contributed by atoms with E-state index in [1.54, 1.807) is 24.5 Å². The number of nitrogens with zero attached hydrogens (tertiary/aromatic N) is 2. The molecule has 0 saturated heterocycles. The Morgan fingerprint density at radius 1 is 1.53 bits per heavy atom. The molecule has 6 heteroatoms. The SMILES string of the molecule is Cc1cnc(C(=O)NC2Cc3ccsc3C2)c(N)n1. The highest BCUT2D eigenvalue weighted by Crippen LogP contribution is 2.27. The molecule has 2 heterocycles. The summed E-state index contributed by atoms with van der Waals surface area (Å²) in [6.45, 7) is 1.79. The third kappa shape index (κ3) is 2.31. The summed E-state index contributed by atoms with van der Waals surface area (Å²) in [5.41, 5.74) is 7.97. The van der Waals surface area contributed by atoms with Crippen molar-refractivity contribution in [1.29, 1.82) is 0 Å². The molecule has 1 amide bonds. The summed E-state index contributed by atoms with van der Waals surface area (Å²) in [5.74, 6) is -0.0598. The van der Waals surface area contributed by atoms with Crippen molar-refractivity contribution in [2.75, 3.05) is 5.73 Å². The second-order valence-electron chi connectivity index (χ2n) is 4.69. The molecule has 1 aliphatic carbocycles. The molecule has 0 fully saturated rings. The Kier molecular flexibility index (Phi) is 2.94. The first-order valence-electron chi connectivity index (χ1n) is 6.08. The average Bonchev–Trinajstić information content (AvgIpc) is 2.89. The molecular formula is C13H14N4OS. The van der Waals surface area contributed by atoms with Crippen LogP contribution < -0.4 is 11.1 Å². The molecule has 98 valence electrons. The molecule has 2 aromatic rings. The molecule has 3 N–H and O–H groups in total. The number of aromatic nitrogens is 2. The second-order valence-corrected chi connectivity index (χ2v) is 5.69. The van der Waals surface area contributed by atoms with Crippen molar-refractivity contribution in [3.05, 3.63) is 39.5 Å². The first-order chi connectivity index (χ1) is 9.13. The van der Waals surface area contributed by atoms with E-state index in [2.05, 4.69) is 26.7 Å². The van der Waals surface area contributed by atoms with E-state index in [0.717, 1.165) is 12.8 Å². The van der Waals surface area contributed by atoms with Gasteiger partial charge in [-0.15, -0.1) is 11.3 Å². The predicted molar refractivity (Wildman–Crippen MR) is 74.2 cm³/mol. The van der Waals surface area contributed by atoms with Crippen LogP contribution in [0.15, 0.2) is 17.6 Å². The lowest BCUT2D eigenvalue weighted by Gasteiger charge is -2.12. The number of hydrogen-bond donors (Lipinski definition) is 2. The van der Waals surface area contributed by atoms with Crippen molar-refractivity contribution in [3.63, 3.8) is 0 Å². The van der Waals surface area contributed by atoms with E-state index in [9.17, 15) is 4.79 Å². The third-order valence-electron chi connectivity index (χ3n) is 3.21. The average molecular weight is 274 g/mol. The highest BCUT2D eigenvalue weighted by molar-refractivity contribution is 7.10. The van der Waals surface area contributed by atoms with Crippen molar-refractivity contribution in [3.8, 4) is 0 Å². The zero-order valence-corrected chi connectivity index (χ0v) is 11.3. The number of nitrogens with one attached hydrogen (secondary N) is 1. The Balaban J connectivity index is 1.71. The minimum absolute atomic E-state index is 0.137. The first-order valence-corrected chi connectivity index (χ1v) is 6.96. The summed E-state index contributed by atoms with van der Waals surface area (Å²) >= 11 is 1.74. The summed E-state index contributed by atoms with van der Waals surface area (Å²) < 4.78 is 0. The lowest BCUT2D eigenvalue weighted by Crippen LogP contribution is -2.36. The number of nitrogen functional groups attached to an aromatic ring is 1. The van der Waals surface area contributed by atoms with Crippen LogP contribution in [0.2, 0.25) is 0 Å². The molecular weight excluding hydrogens is 260 g/mol. The van der Waals surface area contributed by atoms with E-state index in [1.165, 1.54) is 10.4 Å². The molecule has 1 atom stereocenters. The molecule has 2 aromatic heterocycles. The summed E-state index contributed by atoms with van der Waals surface area (Å²) in [5, 5.41) is 5.06. The lowest BCUT2D eigenvalue weighted by molar-refractivity contribution is 0.0934. The molecule has 0 bridgehead atoms. The fourth-order valence-electron chi connectivity index (χ4n) is 2.32. The molecule has 0 spiro atoms. The maximum absolute atomic E-state index is 12.1. The fourth-order valence-corrected chi connectivity index (χ4v) is 3.31. The molecule has 0 aromatic carbocycles. The minimum atomic E-state index is -0.245. The van der Waals surface area contributed by atoms with Crippen LogP contribution in [0.4, 0.5) is 5.82 Å². The van der Waals surface area contributed by atoms with Crippen molar-refractivity contribution in [2.45, 2.75) is 25.8 Å². The number of hydrogen-bond acceptors (Lipinski definition) is 5. The molecule has 0 aliphatic heterocycles. The maximum atomic E-state index is 12.1. The maximum Gasteiger partial charge on any atom is 0.273 e. The highest BCUT2D eigenvalue weighted by Gasteiger charge is 2.25. The molecule has 1 aliphatic rings. The number of carbonyl (C=O) groups excluding carboxylic acids is 1. The zero-order valence-electron chi connectivity index (χ0n) is 10.5. The summed E-state index contributed by atoms with van der Waals surface area (Å²) in [4.78, 5) is 21.6. The summed E-state index contributed by atoms with van der Waals surface area (Å²) in [7, 11) is 0. The first kappa shape index (κ1) is 12.1. The van der Waals surface area contributed by atoms with E-state index >= 15 is 0 Å². The Labute approximate surface area is 114 Å². The lowest BCUT2D eigenvalue weighted by atomic mass is 10.2. The molecule has 5 nitrogen and oxygen atoms in total. The smallest absolute Gasteiger partial charge is 0.273 e. The van der Waals surface area contributed by atoms with Gasteiger partial charge in [-0.2, -0.15) is 0 Å². The largest absolute Gasteiger partial charge is 0.382 e. The van der Waals surface area contributed by atoms with Crippen LogP contribution in [0.1, 0.15) is 26.6 Å². The van der Waals surface area contributed by atoms with Gasteiger partial charge in [-0.3, -0.25) is 4.79 Å². The zero-order chi connectivity index (χ0) is 13.4. The number of aryl methyl sites for hydroxylation is 1. The van der Waals surface area contributed by atoms with E-state index in [-0.39, 0.29) is 23.5 Å². The molecule has 1 unspecified atom stereocenters. The van der Waals surface area contributed by atoms with Gasteiger partial charge in [0.15, 0.2) is 11.5 Å². The van der Waals surface area contributed by atoms with E-state index in [1.807, 2.05) is 0 Å². The molecule has 19 heavy (non-hydrogen) atoms. The van der Waals surface area contributed by atoms with Gasteiger partial charge in [0.1, 0.15) is 0 Å². The predicted octanol–water partition coefficient (Wildman–Crippen LogP) is 1.33. The standard InChI is InChI=1S/C13H14N4OS/c1-7-6-15-11(12(14)16-7)13(18)17-9-4-8-2-3-19-10(8)5-9/h2-3,6,9H,4-5H2,1H3,(H2,14,16)(H,17,18). The van der Waals surface area contributed by atoms with Crippen molar-refractivity contribution < 1.29 is 4.79 Å². The fraction of sp³-hybridized carbons (Fsp3) is 0.308. The normalized spacial score (nSPS) is 17.2. The monoisotopic (exact) mass is 274 g/mol. The van der Waals surface area contributed by atoms with E-state index in [4.69, 9.17) is 5.73 Å². The van der Waals surface area contributed by atoms with Crippen LogP contribution in [-0.4, -0.2) is 21.9 Å². The number of fused-ring (bicyclic) bond motifs is 1. The van der Waals surface area contributed by atoms with Gasteiger partial charge in [0.2, 0.25) is 0 Å². The van der Waals surface area contributed by atoms with Crippen LogP contribution in [-0.2, 0) is 12.8 Å². The number of rotatable bonds is 2. The molecule has 3 rings (SSSR count). The number of nitrogens with two attached hydrogens (primary N) is 1. The van der Waals surface area contributed by atoms with Crippen LogP contribution in [0.25, 0.3) is 0 Å². The van der Waals surface area contributed by atoms with E-state index in [0.29, 0.717) is 5.69 Å². The second kappa shape index (κ2) is 4.62. The Bertz CT molecular complexity index is 617. The van der Waals surface area contributed by atoms with Crippen molar-refractivity contribution in [1.82, 2.24) is 15.3 Å².